The van der Waals surface area contributed by atoms with Gasteiger partial charge in [-0.15, -0.1) is 0 Å². The molecule has 1 spiro atoms. The molecule has 2 saturated carbocycles. The standard InChI is InChI=1S/C25H28N6O/c1-16-11-30(12-19(16)23(2,3)32)21-9-22(28-15-27-21)31-20-8-18(5-4-17(20)10-29-31)25(14-26)13-24(25)6-7-24/h4-5,8-10,15-16,19,32H,6-7,11-13H2,1-3H3/t16?,19?,25-/m0/s1. The van der Waals surface area contributed by atoms with E-state index in [1.54, 1.807) is 6.33 Å². The normalized spacial score (nSPS) is 28.3. The summed E-state index contributed by atoms with van der Waals surface area (Å²) in [7, 11) is 0. The molecular formula is C25H28N6O. The molecule has 7 heteroatoms. The summed E-state index contributed by atoms with van der Waals surface area (Å²) < 4.78 is 1.85. The average Bonchev–Trinajstić information content (AvgIpc) is 3.57. The summed E-state index contributed by atoms with van der Waals surface area (Å²) in [5, 5.41) is 26.1. The Morgan fingerprint density at radius 3 is 2.59 bits per heavy atom. The van der Waals surface area contributed by atoms with Crippen LogP contribution in [0.15, 0.2) is 36.8 Å². The van der Waals surface area contributed by atoms with Crippen LogP contribution in [0.3, 0.4) is 0 Å². The lowest BCUT2D eigenvalue weighted by Crippen LogP contribution is -2.35. The van der Waals surface area contributed by atoms with Crippen molar-refractivity contribution in [1.29, 1.82) is 5.26 Å². The first-order valence-corrected chi connectivity index (χ1v) is 11.5. The smallest absolute Gasteiger partial charge is 0.159 e. The SMILES string of the molecule is CC1CN(c2cc(-n3ncc4ccc([C@@]5(C#N)CC56CC6)cc43)ncn2)CC1C(C)(C)O. The highest BCUT2D eigenvalue weighted by Crippen LogP contribution is 2.78. The molecule has 7 nitrogen and oxygen atoms in total. The first kappa shape index (κ1) is 19.7. The number of nitriles is 1. The molecule has 0 radical (unpaired) electrons. The van der Waals surface area contributed by atoms with E-state index in [1.165, 1.54) is 0 Å². The molecule has 3 heterocycles. The molecular weight excluding hydrogens is 400 g/mol. The molecule has 3 aromatic rings. The first-order chi connectivity index (χ1) is 15.3. The Labute approximate surface area is 187 Å². The molecule has 32 heavy (non-hydrogen) atoms. The van der Waals surface area contributed by atoms with Crippen molar-refractivity contribution in [2.24, 2.45) is 17.3 Å². The molecule has 1 aromatic carbocycles. The average molecular weight is 429 g/mol. The Kier molecular flexibility index (Phi) is 3.87. The Bertz CT molecular complexity index is 1260. The minimum Gasteiger partial charge on any atom is -0.390 e. The van der Waals surface area contributed by atoms with Gasteiger partial charge >= 0.3 is 0 Å². The zero-order valence-electron chi connectivity index (χ0n) is 18.8. The fraction of sp³-hybridized carbons (Fsp3) is 0.520. The number of aliphatic hydroxyl groups is 1. The van der Waals surface area contributed by atoms with Gasteiger partial charge in [0.25, 0.3) is 0 Å². The molecule has 3 fully saturated rings. The van der Waals surface area contributed by atoms with Crippen molar-refractivity contribution in [3.63, 3.8) is 0 Å². The number of aromatic nitrogens is 4. The van der Waals surface area contributed by atoms with Gasteiger partial charge in [-0.2, -0.15) is 10.4 Å². The van der Waals surface area contributed by atoms with Crippen molar-refractivity contribution < 1.29 is 5.11 Å². The Morgan fingerprint density at radius 1 is 1.16 bits per heavy atom. The maximum Gasteiger partial charge on any atom is 0.159 e. The molecule has 164 valence electrons. The van der Waals surface area contributed by atoms with Gasteiger partial charge in [0.15, 0.2) is 5.82 Å². The third-order valence-corrected chi connectivity index (χ3v) is 8.19. The van der Waals surface area contributed by atoms with Gasteiger partial charge in [-0.05, 0) is 56.1 Å². The van der Waals surface area contributed by atoms with E-state index in [9.17, 15) is 10.4 Å². The van der Waals surface area contributed by atoms with E-state index in [0.29, 0.717) is 11.7 Å². The van der Waals surface area contributed by atoms with Crippen LogP contribution >= 0.6 is 0 Å². The lowest BCUT2D eigenvalue weighted by molar-refractivity contribution is 0.0105. The van der Waals surface area contributed by atoms with Gasteiger partial charge in [0.1, 0.15) is 12.1 Å². The number of hydrogen-bond donors (Lipinski definition) is 1. The highest BCUT2D eigenvalue weighted by molar-refractivity contribution is 5.82. The van der Waals surface area contributed by atoms with E-state index in [1.807, 2.05) is 30.8 Å². The van der Waals surface area contributed by atoms with Gasteiger partial charge in [-0.25, -0.2) is 14.6 Å². The molecule has 1 aliphatic heterocycles. The van der Waals surface area contributed by atoms with E-state index in [2.05, 4.69) is 51.2 Å². The van der Waals surface area contributed by atoms with Crippen LogP contribution in [0.25, 0.3) is 16.7 Å². The lowest BCUT2D eigenvalue weighted by atomic mass is 9.84. The van der Waals surface area contributed by atoms with Gasteiger partial charge in [0, 0.05) is 30.5 Å². The molecule has 2 unspecified atom stereocenters. The molecule has 6 rings (SSSR count). The first-order valence-electron chi connectivity index (χ1n) is 11.5. The van der Waals surface area contributed by atoms with Crippen LogP contribution in [0.4, 0.5) is 5.82 Å². The monoisotopic (exact) mass is 428 g/mol. The van der Waals surface area contributed by atoms with Crippen molar-refractivity contribution >= 4 is 16.7 Å². The van der Waals surface area contributed by atoms with E-state index < -0.39 is 5.60 Å². The number of nitrogens with zero attached hydrogens (tertiary/aromatic N) is 6. The van der Waals surface area contributed by atoms with Crippen LogP contribution in [-0.2, 0) is 5.41 Å². The predicted molar refractivity (Wildman–Crippen MR) is 121 cm³/mol. The minimum atomic E-state index is -0.725. The van der Waals surface area contributed by atoms with Gasteiger partial charge < -0.3 is 10.0 Å². The lowest BCUT2D eigenvalue weighted by Gasteiger charge is -2.28. The fourth-order valence-corrected chi connectivity index (χ4v) is 6.01. The van der Waals surface area contributed by atoms with Crippen molar-refractivity contribution in [2.75, 3.05) is 18.0 Å². The second-order valence-corrected chi connectivity index (χ2v) is 10.7. The van der Waals surface area contributed by atoms with E-state index >= 15 is 0 Å². The molecule has 0 bridgehead atoms. The van der Waals surface area contributed by atoms with Crippen molar-refractivity contribution in [3.8, 4) is 11.9 Å². The number of fused-ring (bicyclic) bond motifs is 1. The second-order valence-electron chi connectivity index (χ2n) is 10.7. The summed E-state index contributed by atoms with van der Waals surface area (Å²) in [4.78, 5) is 11.2. The Balaban J connectivity index is 1.36. The largest absolute Gasteiger partial charge is 0.390 e. The van der Waals surface area contributed by atoms with Crippen LogP contribution in [0.5, 0.6) is 0 Å². The third-order valence-electron chi connectivity index (χ3n) is 8.19. The molecule has 1 N–H and O–H groups in total. The Morgan fingerprint density at radius 2 is 1.94 bits per heavy atom. The van der Waals surface area contributed by atoms with Crippen LogP contribution in [-0.4, -0.2) is 43.5 Å². The van der Waals surface area contributed by atoms with Crippen LogP contribution in [0.1, 0.15) is 45.6 Å². The van der Waals surface area contributed by atoms with Gasteiger partial charge in [0.2, 0.25) is 0 Å². The minimum absolute atomic E-state index is 0.185. The fourth-order valence-electron chi connectivity index (χ4n) is 6.01. The number of hydrogen-bond acceptors (Lipinski definition) is 6. The summed E-state index contributed by atoms with van der Waals surface area (Å²) >= 11 is 0. The van der Waals surface area contributed by atoms with Crippen LogP contribution < -0.4 is 4.90 Å². The highest BCUT2D eigenvalue weighted by Gasteiger charge is 2.75. The van der Waals surface area contributed by atoms with Crippen molar-refractivity contribution in [2.45, 2.75) is 51.0 Å². The second kappa shape index (κ2) is 6.29. The molecule has 2 aliphatic carbocycles. The summed E-state index contributed by atoms with van der Waals surface area (Å²) in [5.74, 6) is 2.12. The quantitative estimate of drug-likeness (QED) is 0.683. The molecule has 1 saturated heterocycles. The number of rotatable bonds is 4. The topological polar surface area (TPSA) is 90.9 Å². The van der Waals surface area contributed by atoms with E-state index in [0.717, 1.165) is 54.6 Å². The maximum atomic E-state index is 10.5. The molecule has 3 aliphatic rings. The summed E-state index contributed by atoms with van der Waals surface area (Å²) in [6.07, 6.45) is 6.73. The van der Waals surface area contributed by atoms with Crippen molar-refractivity contribution in [3.05, 3.63) is 42.4 Å². The van der Waals surface area contributed by atoms with E-state index in [-0.39, 0.29) is 16.7 Å². The zero-order valence-corrected chi connectivity index (χ0v) is 18.8. The number of anilines is 1. The predicted octanol–water partition coefficient (Wildman–Crippen LogP) is 3.60. The van der Waals surface area contributed by atoms with Gasteiger partial charge in [0.05, 0.1) is 28.8 Å². The molecule has 0 amide bonds. The number of benzene rings is 1. The van der Waals surface area contributed by atoms with Gasteiger partial charge in [-0.3, -0.25) is 0 Å². The summed E-state index contributed by atoms with van der Waals surface area (Å²) in [6.45, 7) is 7.56. The highest BCUT2D eigenvalue weighted by atomic mass is 16.3. The van der Waals surface area contributed by atoms with Crippen LogP contribution in [0.2, 0.25) is 0 Å². The molecule has 2 aromatic heterocycles. The molecule has 3 atom stereocenters. The Hall–Kier alpha value is -2.98. The third kappa shape index (κ3) is 2.72. The van der Waals surface area contributed by atoms with Gasteiger partial charge in [-0.1, -0.05) is 19.1 Å². The summed E-state index contributed by atoms with van der Waals surface area (Å²) in [6, 6.07) is 10.9. The van der Waals surface area contributed by atoms with Crippen LogP contribution in [0, 0.1) is 28.6 Å². The van der Waals surface area contributed by atoms with Crippen molar-refractivity contribution in [1.82, 2.24) is 19.7 Å². The maximum absolute atomic E-state index is 10.5. The zero-order chi connectivity index (χ0) is 22.3. The summed E-state index contributed by atoms with van der Waals surface area (Å²) in [5.41, 5.74) is 1.24. The van der Waals surface area contributed by atoms with E-state index in [4.69, 9.17) is 0 Å².